The Morgan fingerprint density at radius 3 is 2.68 bits per heavy atom. The maximum Gasteiger partial charge on any atom is 0.305 e. The summed E-state index contributed by atoms with van der Waals surface area (Å²) in [5, 5.41) is 3.81. The molecule has 0 aromatic carbocycles. The Morgan fingerprint density at radius 2 is 1.95 bits per heavy atom. The van der Waals surface area contributed by atoms with Crippen molar-refractivity contribution < 1.29 is 9.53 Å². The highest BCUT2D eigenvalue weighted by Gasteiger charge is 2.26. The third kappa shape index (κ3) is 6.25. The fraction of sp³-hybridized carbons (Fsp3) is 0.944. The van der Waals surface area contributed by atoms with Crippen molar-refractivity contribution in [2.24, 2.45) is 11.8 Å². The standard InChI is InChI=1S/C18H34N2O2/c1-3-22-18(21)10-9-16-11-17(14-20(2)13-16)19-12-15-7-5-4-6-8-15/h15-17,19H,3-14H2,1-2H3. The average molecular weight is 310 g/mol. The monoisotopic (exact) mass is 310 g/mol. The van der Waals surface area contributed by atoms with E-state index < -0.39 is 0 Å². The molecule has 22 heavy (non-hydrogen) atoms. The van der Waals surface area contributed by atoms with E-state index in [0.717, 1.165) is 25.4 Å². The SMILES string of the molecule is CCOC(=O)CCC1CC(NCC2CCCCC2)CN(C)C1. The lowest BCUT2D eigenvalue weighted by Gasteiger charge is -2.37. The molecule has 1 saturated carbocycles. The number of nitrogens with zero attached hydrogens (tertiary/aromatic N) is 1. The van der Waals surface area contributed by atoms with Gasteiger partial charge in [0.05, 0.1) is 6.61 Å². The summed E-state index contributed by atoms with van der Waals surface area (Å²) in [6.45, 7) is 5.80. The molecule has 0 spiro atoms. The van der Waals surface area contributed by atoms with E-state index in [9.17, 15) is 4.79 Å². The molecular formula is C18H34N2O2. The van der Waals surface area contributed by atoms with E-state index in [4.69, 9.17) is 4.74 Å². The quantitative estimate of drug-likeness (QED) is 0.734. The van der Waals surface area contributed by atoms with E-state index in [1.807, 2.05) is 6.92 Å². The molecule has 2 aliphatic rings. The second-order valence-electron chi connectivity index (χ2n) is 7.28. The van der Waals surface area contributed by atoms with Crippen LogP contribution in [0.3, 0.4) is 0 Å². The van der Waals surface area contributed by atoms with Gasteiger partial charge in [-0.05, 0) is 58.0 Å². The van der Waals surface area contributed by atoms with Gasteiger partial charge >= 0.3 is 5.97 Å². The first-order valence-electron chi connectivity index (χ1n) is 9.25. The topological polar surface area (TPSA) is 41.6 Å². The zero-order valence-electron chi connectivity index (χ0n) is 14.5. The number of hydrogen-bond acceptors (Lipinski definition) is 4. The van der Waals surface area contributed by atoms with E-state index >= 15 is 0 Å². The van der Waals surface area contributed by atoms with Crippen LogP contribution in [-0.2, 0) is 9.53 Å². The Kier molecular flexibility index (Phi) is 7.67. The molecule has 2 fully saturated rings. The highest BCUT2D eigenvalue weighted by molar-refractivity contribution is 5.69. The highest BCUT2D eigenvalue weighted by Crippen LogP contribution is 2.24. The minimum absolute atomic E-state index is 0.0394. The van der Waals surface area contributed by atoms with Crippen molar-refractivity contribution in [1.29, 1.82) is 0 Å². The molecule has 4 heteroatoms. The largest absolute Gasteiger partial charge is 0.466 e. The first-order chi connectivity index (χ1) is 10.7. The normalized spacial score (nSPS) is 27.7. The Labute approximate surface area is 136 Å². The van der Waals surface area contributed by atoms with Gasteiger partial charge < -0.3 is 15.0 Å². The third-order valence-electron chi connectivity index (χ3n) is 5.20. The highest BCUT2D eigenvalue weighted by atomic mass is 16.5. The van der Waals surface area contributed by atoms with Gasteiger partial charge in [0.25, 0.3) is 0 Å². The van der Waals surface area contributed by atoms with Crippen molar-refractivity contribution in [2.45, 2.75) is 64.3 Å². The molecule has 1 aliphatic heterocycles. The molecule has 0 aromatic heterocycles. The predicted octanol–water partition coefficient (Wildman–Crippen LogP) is 2.82. The maximum absolute atomic E-state index is 11.5. The van der Waals surface area contributed by atoms with Gasteiger partial charge in [-0.25, -0.2) is 0 Å². The molecule has 1 saturated heterocycles. The number of nitrogens with one attached hydrogen (secondary N) is 1. The molecule has 2 atom stereocenters. The smallest absolute Gasteiger partial charge is 0.305 e. The molecule has 1 N–H and O–H groups in total. The fourth-order valence-electron chi connectivity index (χ4n) is 4.08. The van der Waals surface area contributed by atoms with Crippen LogP contribution in [0.1, 0.15) is 58.3 Å². The lowest BCUT2D eigenvalue weighted by molar-refractivity contribution is -0.143. The lowest BCUT2D eigenvalue weighted by atomic mass is 9.87. The number of esters is 1. The molecule has 4 nitrogen and oxygen atoms in total. The molecule has 0 bridgehead atoms. The van der Waals surface area contributed by atoms with Gasteiger partial charge in [0.15, 0.2) is 0 Å². The second kappa shape index (κ2) is 9.51. The number of ether oxygens (including phenoxy) is 1. The van der Waals surface area contributed by atoms with E-state index in [1.165, 1.54) is 45.1 Å². The first kappa shape index (κ1) is 17.7. The fourth-order valence-corrected chi connectivity index (χ4v) is 4.08. The van der Waals surface area contributed by atoms with Gasteiger partial charge in [-0.15, -0.1) is 0 Å². The summed E-state index contributed by atoms with van der Waals surface area (Å²) in [5.41, 5.74) is 0. The Bertz CT molecular complexity index is 329. The van der Waals surface area contributed by atoms with Crippen LogP contribution < -0.4 is 5.32 Å². The molecule has 1 heterocycles. The summed E-state index contributed by atoms with van der Waals surface area (Å²) in [7, 11) is 2.20. The summed E-state index contributed by atoms with van der Waals surface area (Å²) in [6, 6.07) is 0.591. The second-order valence-corrected chi connectivity index (χ2v) is 7.28. The molecular weight excluding hydrogens is 276 g/mol. The van der Waals surface area contributed by atoms with Gasteiger partial charge in [-0.1, -0.05) is 19.3 Å². The van der Waals surface area contributed by atoms with E-state index in [0.29, 0.717) is 25.0 Å². The van der Waals surface area contributed by atoms with Crippen LogP contribution in [-0.4, -0.2) is 50.2 Å². The van der Waals surface area contributed by atoms with Crippen LogP contribution >= 0.6 is 0 Å². The number of piperidine rings is 1. The van der Waals surface area contributed by atoms with E-state index in [2.05, 4.69) is 17.3 Å². The number of likely N-dealkylation sites (N-methyl/N-ethyl adjacent to an activating group) is 1. The maximum atomic E-state index is 11.5. The van der Waals surface area contributed by atoms with E-state index in [-0.39, 0.29) is 5.97 Å². The summed E-state index contributed by atoms with van der Waals surface area (Å²) in [4.78, 5) is 13.9. The molecule has 0 amide bonds. The van der Waals surface area contributed by atoms with Gasteiger partial charge in [0.2, 0.25) is 0 Å². The van der Waals surface area contributed by atoms with Crippen molar-refractivity contribution in [1.82, 2.24) is 10.2 Å². The molecule has 0 aromatic rings. The van der Waals surface area contributed by atoms with Gasteiger partial charge in [-0.3, -0.25) is 4.79 Å². The van der Waals surface area contributed by atoms with E-state index in [1.54, 1.807) is 0 Å². The average Bonchev–Trinajstić information content (AvgIpc) is 2.52. The van der Waals surface area contributed by atoms with Crippen LogP contribution in [0.25, 0.3) is 0 Å². The summed E-state index contributed by atoms with van der Waals surface area (Å²) >= 11 is 0. The number of carbonyl (C=O) groups excluding carboxylic acids is 1. The van der Waals surface area contributed by atoms with Crippen LogP contribution in [0, 0.1) is 11.8 Å². The Balaban J connectivity index is 1.69. The minimum atomic E-state index is -0.0394. The Hall–Kier alpha value is -0.610. The number of likely N-dealkylation sites (tertiary alicyclic amines) is 1. The van der Waals surface area contributed by atoms with Crippen LogP contribution in [0.4, 0.5) is 0 Å². The number of rotatable bonds is 7. The summed E-state index contributed by atoms with van der Waals surface area (Å²) in [6.07, 6.45) is 9.81. The molecule has 2 rings (SSSR count). The van der Waals surface area contributed by atoms with Gasteiger partial charge in [-0.2, -0.15) is 0 Å². The van der Waals surface area contributed by atoms with Gasteiger partial charge in [0.1, 0.15) is 0 Å². The number of hydrogen-bond donors (Lipinski definition) is 1. The van der Waals surface area contributed by atoms with Crippen molar-refractivity contribution in [2.75, 3.05) is 33.3 Å². The predicted molar refractivity (Wildman–Crippen MR) is 89.8 cm³/mol. The molecule has 2 unspecified atom stereocenters. The van der Waals surface area contributed by atoms with Crippen LogP contribution in [0.15, 0.2) is 0 Å². The molecule has 128 valence electrons. The summed E-state index contributed by atoms with van der Waals surface area (Å²) in [5.74, 6) is 1.47. The lowest BCUT2D eigenvalue weighted by Crippen LogP contribution is -2.48. The third-order valence-corrected chi connectivity index (χ3v) is 5.20. The minimum Gasteiger partial charge on any atom is -0.466 e. The van der Waals surface area contributed by atoms with Crippen molar-refractivity contribution >= 4 is 5.97 Å². The number of carbonyl (C=O) groups is 1. The molecule has 1 aliphatic carbocycles. The van der Waals surface area contributed by atoms with Crippen LogP contribution in [0.2, 0.25) is 0 Å². The Morgan fingerprint density at radius 1 is 1.18 bits per heavy atom. The van der Waals surface area contributed by atoms with Crippen molar-refractivity contribution in [3.05, 3.63) is 0 Å². The van der Waals surface area contributed by atoms with Crippen molar-refractivity contribution in [3.63, 3.8) is 0 Å². The van der Waals surface area contributed by atoms with Crippen LogP contribution in [0.5, 0.6) is 0 Å². The zero-order chi connectivity index (χ0) is 15.8. The summed E-state index contributed by atoms with van der Waals surface area (Å²) < 4.78 is 5.05. The van der Waals surface area contributed by atoms with Gasteiger partial charge in [0, 0.05) is 25.6 Å². The molecule has 0 radical (unpaired) electrons. The first-order valence-corrected chi connectivity index (χ1v) is 9.25. The van der Waals surface area contributed by atoms with Crippen molar-refractivity contribution in [3.8, 4) is 0 Å². The zero-order valence-corrected chi connectivity index (χ0v) is 14.5.